The molecular weight excluding hydrogens is 411 g/mol. The van der Waals surface area contributed by atoms with E-state index in [4.69, 9.17) is 42.8 Å². The van der Waals surface area contributed by atoms with Gasteiger partial charge in [0.1, 0.15) is 23.4 Å². The zero-order chi connectivity index (χ0) is 20.3. The third-order valence-electron chi connectivity index (χ3n) is 4.09. The van der Waals surface area contributed by atoms with E-state index in [0.29, 0.717) is 10.8 Å². The molecule has 0 radical (unpaired) electrons. The van der Waals surface area contributed by atoms with Gasteiger partial charge in [0.2, 0.25) is 6.29 Å². The fourth-order valence-electron chi connectivity index (χ4n) is 2.61. The van der Waals surface area contributed by atoms with E-state index < -0.39 is 36.5 Å². The lowest BCUT2D eigenvalue weighted by atomic mass is 10.00. The Kier molecular flexibility index (Phi) is 6.69. The number of hydrogen-bond acceptors (Lipinski definition) is 7. The summed E-state index contributed by atoms with van der Waals surface area (Å²) in [7, 11) is 0. The molecule has 5 atom stereocenters. The molecule has 28 heavy (non-hydrogen) atoms. The molecule has 2 N–H and O–H groups in total. The van der Waals surface area contributed by atoms with Gasteiger partial charge in [-0.15, -0.1) is 0 Å². The zero-order valence-corrected chi connectivity index (χ0v) is 16.3. The molecule has 2 aromatic rings. The smallest absolute Gasteiger partial charge is 0.358 e. The molecule has 1 heterocycles. The number of ether oxygens (including phenoxy) is 4. The summed E-state index contributed by atoms with van der Waals surface area (Å²) in [6, 6.07) is 11.6. The van der Waals surface area contributed by atoms with Gasteiger partial charge in [0.05, 0.1) is 6.10 Å². The number of aliphatic hydroxyl groups excluding tert-OH is 2. The maximum Gasteiger partial charge on any atom is 0.358 e. The molecule has 1 aliphatic heterocycles. The molecule has 1 aliphatic rings. The highest BCUT2D eigenvalue weighted by atomic mass is 35.5. The molecule has 3 rings (SSSR count). The number of thiocarbonyl (C=S) groups is 1. The van der Waals surface area contributed by atoms with Crippen molar-refractivity contribution >= 4 is 29.1 Å². The van der Waals surface area contributed by atoms with Crippen LogP contribution in [-0.4, -0.2) is 46.2 Å². The number of hydrogen-bond donors (Lipinski definition) is 2. The average Bonchev–Trinajstić information content (AvgIpc) is 2.67. The summed E-state index contributed by atoms with van der Waals surface area (Å²) in [6.07, 6.45) is -5.61. The minimum absolute atomic E-state index is 0.285. The van der Waals surface area contributed by atoms with Crippen LogP contribution in [-0.2, 0) is 9.47 Å². The van der Waals surface area contributed by atoms with Crippen LogP contribution in [0.25, 0.3) is 0 Å². The van der Waals surface area contributed by atoms with Crippen LogP contribution in [0.4, 0.5) is 4.39 Å². The Bertz CT molecular complexity index is 803. The Hall–Kier alpha value is -1.97. The van der Waals surface area contributed by atoms with Gasteiger partial charge in [-0.05, 0) is 55.5 Å². The summed E-state index contributed by atoms with van der Waals surface area (Å²) < 4.78 is 34.9. The molecule has 0 aromatic heterocycles. The van der Waals surface area contributed by atoms with Crippen LogP contribution in [0.5, 0.6) is 11.5 Å². The van der Waals surface area contributed by atoms with E-state index in [1.165, 1.54) is 24.3 Å². The van der Waals surface area contributed by atoms with Crippen LogP contribution in [0.15, 0.2) is 48.5 Å². The van der Waals surface area contributed by atoms with Gasteiger partial charge < -0.3 is 29.2 Å². The van der Waals surface area contributed by atoms with Crippen molar-refractivity contribution in [3.63, 3.8) is 0 Å². The largest absolute Gasteiger partial charge is 0.462 e. The number of rotatable bonds is 4. The number of halogens is 2. The second-order valence-electron chi connectivity index (χ2n) is 6.15. The van der Waals surface area contributed by atoms with Gasteiger partial charge in [0, 0.05) is 17.2 Å². The summed E-state index contributed by atoms with van der Waals surface area (Å²) in [5.74, 6) is 0.248. The molecule has 9 heteroatoms. The van der Waals surface area contributed by atoms with E-state index in [2.05, 4.69) is 0 Å². The lowest BCUT2D eigenvalue weighted by Gasteiger charge is -2.40. The Labute approximate surface area is 171 Å². The van der Waals surface area contributed by atoms with Crippen LogP contribution in [0, 0.1) is 5.82 Å². The van der Waals surface area contributed by atoms with Crippen molar-refractivity contribution in [1.29, 1.82) is 0 Å². The topological polar surface area (TPSA) is 77.4 Å². The van der Waals surface area contributed by atoms with E-state index >= 15 is 0 Å². The van der Waals surface area contributed by atoms with Crippen LogP contribution in [0.1, 0.15) is 6.92 Å². The first kappa shape index (κ1) is 20.8. The molecule has 0 spiro atoms. The maximum absolute atomic E-state index is 13.0. The molecule has 6 nitrogen and oxygen atoms in total. The highest BCUT2D eigenvalue weighted by molar-refractivity contribution is 7.79. The minimum atomic E-state index is -1.39. The highest BCUT2D eigenvalue weighted by Crippen LogP contribution is 2.27. The normalized spacial score (nSPS) is 27.1. The fraction of sp³-hybridized carbons (Fsp3) is 0.316. The van der Waals surface area contributed by atoms with Crippen molar-refractivity contribution in [2.45, 2.75) is 37.6 Å². The van der Waals surface area contributed by atoms with Crippen LogP contribution in [0.2, 0.25) is 5.02 Å². The summed E-state index contributed by atoms with van der Waals surface area (Å²) in [5, 5.41) is 21.1. The van der Waals surface area contributed by atoms with Gasteiger partial charge >= 0.3 is 5.24 Å². The van der Waals surface area contributed by atoms with Crippen molar-refractivity contribution in [3.05, 3.63) is 59.4 Å². The Balaban J connectivity index is 1.66. The lowest BCUT2D eigenvalue weighted by molar-refractivity contribution is -0.266. The molecule has 150 valence electrons. The molecule has 0 amide bonds. The second-order valence-corrected chi connectivity index (χ2v) is 6.92. The first-order chi connectivity index (χ1) is 13.3. The van der Waals surface area contributed by atoms with Crippen LogP contribution >= 0.6 is 23.8 Å². The third kappa shape index (κ3) is 5.09. The molecule has 2 aromatic carbocycles. The summed E-state index contributed by atoms with van der Waals surface area (Å²) in [4.78, 5) is 0. The third-order valence-corrected chi connectivity index (χ3v) is 4.53. The van der Waals surface area contributed by atoms with Gasteiger partial charge in [-0.1, -0.05) is 11.6 Å². The molecule has 0 bridgehead atoms. The second kappa shape index (κ2) is 9.02. The molecule has 1 saturated heterocycles. The summed E-state index contributed by atoms with van der Waals surface area (Å²) >= 11 is 10.9. The molecule has 0 saturated carbocycles. The predicted molar refractivity (Wildman–Crippen MR) is 103 cm³/mol. The standard InChI is InChI=1S/C19H18ClFO6S/c1-10-15(22)17(27-19(28)26-14-6-2-11(20)3-7-14)16(23)18(24-10)25-13-8-4-12(21)5-9-13/h2-10,15-18,22-23H,1H3/t10-,15+,16-,17+,18+/m0/s1. The number of benzene rings is 2. The maximum atomic E-state index is 13.0. The van der Waals surface area contributed by atoms with Crippen LogP contribution < -0.4 is 9.47 Å². The first-order valence-corrected chi connectivity index (χ1v) is 9.20. The van der Waals surface area contributed by atoms with Crippen molar-refractivity contribution in [2.24, 2.45) is 0 Å². The van der Waals surface area contributed by atoms with Gasteiger partial charge in [0.15, 0.2) is 12.2 Å². The zero-order valence-electron chi connectivity index (χ0n) is 14.7. The van der Waals surface area contributed by atoms with E-state index in [-0.39, 0.29) is 11.0 Å². The van der Waals surface area contributed by atoms with E-state index in [0.717, 1.165) is 0 Å². The Morgan fingerprint density at radius 1 is 1.04 bits per heavy atom. The van der Waals surface area contributed by atoms with Gasteiger partial charge in [-0.3, -0.25) is 0 Å². The summed E-state index contributed by atoms with van der Waals surface area (Å²) in [5.41, 5.74) is 0. The predicted octanol–water partition coefficient (Wildman–Crippen LogP) is 3.07. The van der Waals surface area contributed by atoms with Crippen molar-refractivity contribution in [2.75, 3.05) is 0 Å². The Morgan fingerprint density at radius 3 is 2.29 bits per heavy atom. The monoisotopic (exact) mass is 428 g/mol. The molecule has 1 fully saturated rings. The van der Waals surface area contributed by atoms with Crippen molar-refractivity contribution in [1.82, 2.24) is 0 Å². The van der Waals surface area contributed by atoms with E-state index in [1.807, 2.05) is 0 Å². The number of aliphatic hydroxyl groups is 2. The molecule has 0 aliphatic carbocycles. The quantitative estimate of drug-likeness (QED) is 0.724. The molecule has 0 unspecified atom stereocenters. The van der Waals surface area contributed by atoms with Gasteiger partial charge in [-0.2, -0.15) is 0 Å². The highest BCUT2D eigenvalue weighted by Gasteiger charge is 2.46. The van der Waals surface area contributed by atoms with Crippen molar-refractivity contribution in [3.8, 4) is 11.5 Å². The lowest BCUT2D eigenvalue weighted by Crippen LogP contribution is -2.59. The average molecular weight is 429 g/mol. The van der Waals surface area contributed by atoms with Crippen molar-refractivity contribution < 1.29 is 33.6 Å². The first-order valence-electron chi connectivity index (χ1n) is 8.41. The molecular formula is C19H18ClFO6S. The Morgan fingerprint density at radius 2 is 1.64 bits per heavy atom. The minimum Gasteiger partial charge on any atom is -0.462 e. The van der Waals surface area contributed by atoms with Gasteiger partial charge in [0.25, 0.3) is 0 Å². The summed E-state index contributed by atoms with van der Waals surface area (Å²) in [6.45, 7) is 1.59. The SMILES string of the molecule is C[C@@H]1O[C@H](Oc2ccc(F)cc2)[C@@H](O)[C@H](OC(=S)Oc2ccc(Cl)cc2)[C@@H]1O. The fourth-order valence-corrected chi connectivity index (χ4v) is 2.95. The van der Waals surface area contributed by atoms with E-state index in [9.17, 15) is 14.6 Å². The van der Waals surface area contributed by atoms with E-state index in [1.54, 1.807) is 31.2 Å². The van der Waals surface area contributed by atoms with Crippen LogP contribution in [0.3, 0.4) is 0 Å². The van der Waals surface area contributed by atoms with Gasteiger partial charge in [-0.25, -0.2) is 4.39 Å².